The van der Waals surface area contributed by atoms with Gasteiger partial charge >= 0.3 is 5.97 Å². The Labute approximate surface area is 218 Å². The van der Waals surface area contributed by atoms with E-state index in [1.807, 2.05) is 30.3 Å². The first-order valence-electron chi connectivity index (χ1n) is 11.0. The van der Waals surface area contributed by atoms with Gasteiger partial charge in [-0.2, -0.15) is 0 Å². The summed E-state index contributed by atoms with van der Waals surface area (Å²) in [6, 6.07) is 16.2. The van der Waals surface area contributed by atoms with E-state index in [4.69, 9.17) is 20.8 Å². The Kier molecular flexibility index (Phi) is 6.36. The lowest BCUT2D eigenvalue weighted by Gasteiger charge is -2.24. The second-order valence-electron chi connectivity index (χ2n) is 8.11. The SMILES string of the molecule is COC(=O)C1=C(C)N=c2s/c(=C\c3ccc(-c4ccc(Cl)c([N+](=O)[O-])c4)o3)c(=O)n2[C@@H]1c1ccccc1. The van der Waals surface area contributed by atoms with Crippen molar-refractivity contribution in [2.45, 2.75) is 13.0 Å². The predicted octanol–water partition coefficient (Wildman–Crippen LogP) is 4.23. The van der Waals surface area contributed by atoms with Crippen LogP contribution in [-0.2, 0) is 9.53 Å². The van der Waals surface area contributed by atoms with Crippen molar-refractivity contribution >= 4 is 40.7 Å². The second kappa shape index (κ2) is 9.64. The van der Waals surface area contributed by atoms with E-state index in [0.717, 1.165) is 5.56 Å². The number of ether oxygens (including phenoxy) is 1. The molecule has 0 N–H and O–H groups in total. The van der Waals surface area contributed by atoms with Crippen LogP contribution < -0.4 is 14.9 Å². The highest BCUT2D eigenvalue weighted by Gasteiger charge is 2.33. The number of allylic oxidation sites excluding steroid dienone is 1. The topological polar surface area (TPSA) is 117 Å². The molecule has 3 heterocycles. The minimum Gasteiger partial charge on any atom is -0.466 e. The number of carbonyl (C=O) groups excluding carboxylic acids is 1. The van der Waals surface area contributed by atoms with Gasteiger partial charge in [-0.15, -0.1) is 0 Å². The molecule has 1 aliphatic heterocycles. The number of nitrogens with zero attached hydrogens (tertiary/aromatic N) is 3. The lowest BCUT2D eigenvalue weighted by molar-refractivity contribution is -0.384. The Morgan fingerprint density at radius 3 is 2.68 bits per heavy atom. The van der Waals surface area contributed by atoms with Gasteiger partial charge in [-0.3, -0.25) is 19.5 Å². The number of aromatic nitrogens is 1. The van der Waals surface area contributed by atoms with Crippen LogP contribution in [0.1, 0.15) is 24.3 Å². The van der Waals surface area contributed by atoms with Crippen LogP contribution in [0.15, 0.2) is 86.1 Å². The van der Waals surface area contributed by atoms with Gasteiger partial charge in [-0.05, 0) is 36.8 Å². The third kappa shape index (κ3) is 4.41. The predicted molar refractivity (Wildman–Crippen MR) is 138 cm³/mol. The summed E-state index contributed by atoms with van der Waals surface area (Å²) in [4.78, 5) is 41.9. The van der Waals surface area contributed by atoms with Crippen LogP contribution in [0.25, 0.3) is 17.4 Å². The largest absolute Gasteiger partial charge is 0.466 e. The van der Waals surface area contributed by atoms with E-state index in [9.17, 15) is 19.7 Å². The van der Waals surface area contributed by atoms with Gasteiger partial charge in [0.05, 0.1) is 33.9 Å². The summed E-state index contributed by atoms with van der Waals surface area (Å²) >= 11 is 7.08. The molecular weight excluding hydrogens is 518 g/mol. The first-order valence-corrected chi connectivity index (χ1v) is 12.2. The van der Waals surface area contributed by atoms with Crippen LogP contribution in [0.3, 0.4) is 0 Å². The fourth-order valence-corrected chi connectivity index (χ4v) is 5.38. The number of hydrogen-bond acceptors (Lipinski definition) is 8. The Bertz CT molecular complexity index is 1770. The number of methoxy groups -OCH3 is 1. The van der Waals surface area contributed by atoms with Gasteiger partial charge in [-0.1, -0.05) is 53.3 Å². The summed E-state index contributed by atoms with van der Waals surface area (Å²) in [5.74, 6) is 0.194. The van der Waals surface area contributed by atoms with E-state index >= 15 is 0 Å². The molecule has 11 heteroatoms. The number of nitro benzene ring substituents is 1. The summed E-state index contributed by atoms with van der Waals surface area (Å²) in [5, 5.41) is 11.3. The Morgan fingerprint density at radius 2 is 1.97 bits per heavy atom. The number of halogens is 1. The number of hydrogen-bond donors (Lipinski definition) is 0. The van der Waals surface area contributed by atoms with Gasteiger partial charge in [0.25, 0.3) is 11.2 Å². The van der Waals surface area contributed by atoms with E-state index < -0.39 is 16.9 Å². The molecule has 5 rings (SSSR count). The molecule has 0 aliphatic carbocycles. The fourth-order valence-electron chi connectivity index (χ4n) is 4.16. The smallest absolute Gasteiger partial charge is 0.338 e. The first-order chi connectivity index (χ1) is 17.8. The maximum absolute atomic E-state index is 13.6. The number of carbonyl (C=O) groups is 1. The lowest BCUT2D eigenvalue weighted by Crippen LogP contribution is -2.39. The molecule has 0 bridgehead atoms. The zero-order valence-electron chi connectivity index (χ0n) is 19.5. The normalized spacial score (nSPS) is 15.3. The summed E-state index contributed by atoms with van der Waals surface area (Å²) in [7, 11) is 1.29. The van der Waals surface area contributed by atoms with Crippen LogP contribution >= 0.6 is 22.9 Å². The molecule has 1 atom stereocenters. The molecule has 0 fully saturated rings. The van der Waals surface area contributed by atoms with Gasteiger partial charge in [-0.25, -0.2) is 9.79 Å². The highest BCUT2D eigenvalue weighted by atomic mass is 35.5. The number of nitro groups is 1. The Balaban J connectivity index is 1.61. The highest BCUT2D eigenvalue weighted by Crippen LogP contribution is 2.32. The third-order valence-corrected chi connectivity index (χ3v) is 7.17. The average molecular weight is 536 g/mol. The maximum atomic E-state index is 13.6. The number of fused-ring (bicyclic) bond motifs is 1. The van der Waals surface area contributed by atoms with Gasteiger partial charge in [0.1, 0.15) is 16.5 Å². The number of benzene rings is 2. The molecule has 0 unspecified atom stereocenters. The first kappa shape index (κ1) is 24.4. The zero-order chi connectivity index (χ0) is 26.3. The van der Waals surface area contributed by atoms with Gasteiger partial charge in [0.15, 0.2) is 4.80 Å². The molecule has 0 radical (unpaired) electrons. The number of furan rings is 1. The Hall–Kier alpha value is -4.28. The van der Waals surface area contributed by atoms with Crippen molar-refractivity contribution in [1.29, 1.82) is 0 Å². The van der Waals surface area contributed by atoms with Crippen molar-refractivity contribution in [2.75, 3.05) is 7.11 Å². The van der Waals surface area contributed by atoms with Crippen molar-refractivity contribution in [2.24, 2.45) is 4.99 Å². The van der Waals surface area contributed by atoms with E-state index in [1.165, 1.54) is 35.1 Å². The quantitative estimate of drug-likeness (QED) is 0.214. The number of esters is 1. The molecule has 2 aromatic carbocycles. The number of thiazole rings is 1. The van der Waals surface area contributed by atoms with E-state index in [0.29, 0.717) is 32.1 Å². The molecule has 1 aliphatic rings. The standard InChI is InChI=1S/C26H18ClN3O6S/c1-14-22(25(32)35-2)23(15-6-4-3-5-7-15)29-24(31)21(37-26(29)28-14)13-17-9-11-20(36-17)16-8-10-18(27)19(12-16)30(33)34/h3-13,23H,1-2H3/b21-13-/t23-/m1/s1. The van der Waals surface area contributed by atoms with Crippen molar-refractivity contribution in [1.82, 2.24) is 4.57 Å². The molecule has 2 aromatic heterocycles. The lowest BCUT2D eigenvalue weighted by atomic mass is 9.96. The van der Waals surface area contributed by atoms with Crippen molar-refractivity contribution < 1.29 is 18.9 Å². The fraction of sp³-hybridized carbons (Fsp3) is 0.115. The van der Waals surface area contributed by atoms with Crippen molar-refractivity contribution in [3.05, 3.63) is 118 Å². The highest BCUT2D eigenvalue weighted by molar-refractivity contribution is 7.07. The van der Waals surface area contributed by atoms with Crippen LogP contribution in [0, 0.1) is 10.1 Å². The van der Waals surface area contributed by atoms with Gasteiger partial charge < -0.3 is 9.15 Å². The summed E-state index contributed by atoms with van der Waals surface area (Å²) in [5.41, 5.74) is 1.40. The summed E-state index contributed by atoms with van der Waals surface area (Å²) in [6.07, 6.45) is 1.58. The van der Waals surface area contributed by atoms with Gasteiger partial charge in [0, 0.05) is 17.7 Å². The number of rotatable bonds is 5. The Morgan fingerprint density at radius 1 is 1.22 bits per heavy atom. The van der Waals surface area contributed by atoms with Crippen LogP contribution in [0.5, 0.6) is 0 Å². The van der Waals surface area contributed by atoms with E-state index in [2.05, 4.69) is 4.99 Å². The summed E-state index contributed by atoms with van der Waals surface area (Å²) in [6.45, 7) is 1.71. The zero-order valence-corrected chi connectivity index (χ0v) is 21.1. The average Bonchev–Trinajstić information content (AvgIpc) is 3.48. The minimum absolute atomic E-state index is 0.0243. The second-order valence-corrected chi connectivity index (χ2v) is 9.53. The monoisotopic (exact) mass is 535 g/mol. The molecule has 0 spiro atoms. The molecule has 0 amide bonds. The van der Waals surface area contributed by atoms with Crippen molar-refractivity contribution in [3.8, 4) is 11.3 Å². The van der Waals surface area contributed by atoms with Crippen LogP contribution in [-0.4, -0.2) is 22.6 Å². The van der Waals surface area contributed by atoms with Gasteiger partial charge in [0.2, 0.25) is 0 Å². The molecule has 9 nitrogen and oxygen atoms in total. The molecule has 0 saturated heterocycles. The third-order valence-electron chi connectivity index (χ3n) is 5.87. The van der Waals surface area contributed by atoms with Crippen molar-refractivity contribution in [3.63, 3.8) is 0 Å². The molecular formula is C26H18ClN3O6S. The minimum atomic E-state index is -0.700. The van der Waals surface area contributed by atoms with E-state index in [1.54, 1.807) is 31.2 Å². The van der Waals surface area contributed by atoms with Crippen LogP contribution in [0.4, 0.5) is 5.69 Å². The molecule has 186 valence electrons. The molecule has 4 aromatic rings. The molecule has 0 saturated carbocycles. The van der Waals surface area contributed by atoms with Crippen LogP contribution in [0.2, 0.25) is 5.02 Å². The van der Waals surface area contributed by atoms with E-state index in [-0.39, 0.29) is 21.8 Å². The maximum Gasteiger partial charge on any atom is 0.338 e. The molecule has 37 heavy (non-hydrogen) atoms. The summed E-state index contributed by atoms with van der Waals surface area (Å²) < 4.78 is 12.7.